The number of nitrogens with two attached hydrogens (primary N) is 1. The molecule has 0 aromatic heterocycles. The second-order valence-corrected chi connectivity index (χ2v) is 6.40. The van der Waals surface area contributed by atoms with Crippen molar-refractivity contribution in [3.63, 3.8) is 0 Å². The minimum absolute atomic E-state index is 0.0620. The van der Waals surface area contributed by atoms with Crippen LogP contribution in [-0.4, -0.2) is 24.4 Å². The molecule has 0 radical (unpaired) electrons. The minimum atomic E-state index is -0.0620. The molecule has 1 saturated heterocycles. The van der Waals surface area contributed by atoms with Crippen LogP contribution in [0, 0.1) is 0 Å². The van der Waals surface area contributed by atoms with Gasteiger partial charge in [0, 0.05) is 36.2 Å². The summed E-state index contributed by atoms with van der Waals surface area (Å²) in [6, 6.07) is 6.24. The average Bonchev–Trinajstić information content (AvgIpc) is 2.25. The van der Waals surface area contributed by atoms with Crippen molar-refractivity contribution in [2.24, 2.45) is 0 Å². The minimum Gasteiger partial charge on any atom is -0.491 e. The number of ether oxygens (including phenoxy) is 2. The van der Waals surface area contributed by atoms with Gasteiger partial charge in [-0.15, -0.1) is 0 Å². The summed E-state index contributed by atoms with van der Waals surface area (Å²) in [5.41, 5.74) is 7.62. The zero-order valence-electron chi connectivity index (χ0n) is 12.9. The van der Waals surface area contributed by atoms with E-state index in [1.54, 1.807) is 0 Å². The smallest absolute Gasteiger partial charge is 0.123 e. The fourth-order valence-electron chi connectivity index (χ4n) is 2.64. The molecule has 112 valence electrons. The Bertz CT molecular complexity index is 458. The van der Waals surface area contributed by atoms with Crippen molar-refractivity contribution < 1.29 is 9.47 Å². The summed E-state index contributed by atoms with van der Waals surface area (Å²) in [5.74, 6) is 0.814. The van der Waals surface area contributed by atoms with Gasteiger partial charge in [0.05, 0.1) is 11.7 Å². The monoisotopic (exact) mass is 278 g/mol. The molecule has 0 saturated carbocycles. The summed E-state index contributed by atoms with van der Waals surface area (Å²) >= 11 is 0. The molecule has 2 rings (SSSR count). The molecule has 0 spiro atoms. The molecule has 1 aromatic carbocycles. The predicted molar refractivity (Wildman–Crippen MR) is 83.3 cm³/mol. The summed E-state index contributed by atoms with van der Waals surface area (Å²) in [5, 5.41) is 3.55. The third-order valence-corrected chi connectivity index (χ3v) is 3.37. The molecule has 0 aliphatic carbocycles. The van der Waals surface area contributed by atoms with Gasteiger partial charge in [-0.05, 0) is 46.6 Å². The van der Waals surface area contributed by atoms with Crippen LogP contribution in [0.25, 0.3) is 0 Å². The lowest BCUT2D eigenvalue weighted by Gasteiger charge is -2.36. The van der Waals surface area contributed by atoms with Crippen molar-refractivity contribution in [1.29, 1.82) is 0 Å². The lowest BCUT2D eigenvalue weighted by molar-refractivity contribution is -0.0553. The number of nitrogens with one attached hydrogen (secondary N) is 1. The number of hydrogen-bond acceptors (Lipinski definition) is 4. The first-order valence-corrected chi connectivity index (χ1v) is 7.32. The molecule has 4 heteroatoms. The quantitative estimate of drug-likeness (QED) is 0.829. The summed E-state index contributed by atoms with van der Waals surface area (Å²) in [7, 11) is 0. The number of hydrogen-bond donors (Lipinski definition) is 2. The van der Waals surface area contributed by atoms with Gasteiger partial charge in [0.2, 0.25) is 0 Å². The predicted octanol–water partition coefficient (Wildman–Crippen LogP) is 3.43. The van der Waals surface area contributed by atoms with Crippen LogP contribution < -0.4 is 15.8 Å². The van der Waals surface area contributed by atoms with E-state index < -0.39 is 0 Å². The van der Waals surface area contributed by atoms with E-state index in [0.717, 1.165) is 36.6 Å². The Labute approximate surface area is 121 Å². The maximum Gasteiger partial charge on any atom is 0.123 e. The Morgan fingerprint density at radius 2 is 2.10 bits per heavy atom. The largest absolute Gasteiger partial charge is 0.491 e. The molecule has 1 aromatic rings. The summed E-state index contributed by atoms with van der Waals surface area (Å²) < 4.78 is 11.5. The second kappa shape index (κ2) is 5.92. The van der Waals surface area contributed by atoms with E-state index in [1.807, 2.05) is 32.0 Å². The first kappa shape index (κ1) is 15.0. The zero-order valence-corrected chi connectivity index (χ0v) is 12.9. The van der Waals surface area contributed by atoms with Crippen molar-refractivity contribution in [2.45, 2.75) is 58.3 Å². The van der Waals surface area contributed by atoms with Crippen LogP contribution >= 0.6 is 0 Å². The Morgan fingerprint density at radius 3 is 2.75 bits per heavy atom. The van der Waals surface area contributed by atoms with Gasteiger partial charge in [0.25, 0.3) is 0 Å². The van der Waals surface area contributed by atoms with Crippen molar-refractivity contribution in [3.8, 4) is 5.75 Å². The van der Waals surface area contributed by atoms with E-state index in [2.05, 4.69) is 19.2 Å². The van der Waals surface area contributed by atoms with Crippen LogP contribution in [0.3, 0.4) is 0 Å². The lowest BCUT2D eigenvalue weighted by atomic mass is 9.94. The molecule has 1 heterocycles. The number of benzene rings is 1. The highest BCUT2D eigenvalue weighted by atomic mass is 16.5. The van der Waals surface area contributed by atoms with Crippen LogP contribution in [0.2, 0.25) is 0 Å². The molecule has 20 heavy (non-hydrogen) atoms. The van der Waals surface area contributed by atoms with Crippen LogP contribution in [0.5, 0.6) is 5.75 Å². The van der Waals surface area contributed by atoms with Gasteiger partial charge in [0.15, 0.2) is 0 Å². The SMILES string of the molecule is CC(C)Oc1cc(N)cc(NC2CCOC(C)(C)C2)c1. The number of anilines is 2. The number of rotatable bonds is 4. The fourth-order valence-corrected chi connectivity index (χ4v) is 2.64. The maximum atomic E-state index is 5.95. The lowest BCUT2D eigenvalue weighted by Crippen LogP contribution is -2.40. The Hall–Kier alpha value is -1.42. The normalized spacial score (nSPS) is 21.8. The molecule has 0 amide bonds. The van der Waals surface area contributed by atoms with Crippen molar-refractivity contribution in [1.82, 2.24) is 0 Å². The van der Waals surface area contributed by atoms with Crippen molar-refractivity contribution in [2.75, 3.05) is 17.7 Å². The molecule has 1 aliphatic heterocycles. The molecule has 0 bridgehead atoms. The molecule has 4 nitrogen and oxygen atoms in total. The second-order valence-electron chi connectivity index (χ2n) is 6.40. The van der Waals surface area contributed by atoms with E-state index in [1.165, 1.54) is 0 Å². The maximum absolute atomic E-state index is 5.95. The molecular formula is C16H26N2O2. The average molecular weight is 278 g/mol. The van der Waals surface area contributed by atoms with Gasteiger partial charge >= 0.3 is 0 Å². The number of nitrogen functional groups attached to an aromatic ring is 1. The third-order valence-electron chi connectivity index (χ3n) is 3.37. The first-order chi connectivity index (χ1) is 9.34. The summed E-state index contributed by atoms with van der Waals surface area (Å²) in [6.45, 7) is 9.08. The van der Waals surface area contributed by atoms with E-state index in [0.29, 0.717) is 6.04 Å². The van der Waals surface area contributed by atoms with Gasteiger partial charge in [-0.3, -0.25) is 0 Å². The molecule has 3 N–H and O–H groups in total. The Kier molecular flexibility index (Phi) is 4.43. The highest BCUT2D eigenvalue weighted by Gasteiger charge is 2.28. The highest BCUT2D eigenvalue weighted by molar-refractivity contribution is 5.59. The molecule has 1 fully saturated rings. The summed E-state index contributed by atoms with van der Waals surface area (Å²) in [6.07, 6.45) is 2.15. The van der Waals surface area contributed by atoms with Gasteiger partial charge in [0.1, 0.15) is 5.75 Å². The van der Waals surface area contributed by atoms with E-state index in [9.17, 15) is 0 Å². The summed E-state index contributed by atoms with van der Waals surface area (Å²) in [4.78, 5) is 0. The van der Waals surface area contributed by atoms with Crippen LogP contribution in [-0.2, 0) is 4.74 Å². The highest BCUT2D eigenvalue weighted by Crippen LogP contribution is 2.29. The zero-order chi connectivity index (χ0) is 14.8. The Balaban J connectivity index is 2.07. The third kappa shape index (κ3) is 4.30. The van der Waals surface area contributed by atoms with Crippen LogP contribution in [0.1, 0.15) is 40.5 Å². The van der Waals surface area contributed by atoms with E-state index >= 15 is 0 Å². The van der Waals surface area contributed by atoms with Crippen molar-refractivity contribution >= 4 is 11.4 Å². The van der Waals surface area contributed by atoms with Gasteiger partial charge in [-0.2, -0.15) is 0 Å². The van der Waals surface area contributed by atoms with E-state index in [4.69, 9.17) is 15.2 Å². The van der Waals surface area contributed by atoms with Gasteiger partial charge < -0.3 is 20.5 Å². The standard InChI is InChI=1S/C16H26N2O2/c1-11(2)20-15-8-12(17)7-14(9-15)18-13-5-6-19-16(3,4)10-13/h7-9,11,13,18H,5-6,10,17H2,1-4H3. The van der Waals surface area contributed by atoms with Crippen molar-refractivity contribution in [3.05, 3.63) is 18.2 Å². The topological polar surface area (TPSA) is 56.5 Å². The molecule has 1 unspecified atom stereocenters. The molecular weight excluding hydrogens is 252 g/mol. The van der Waals surface area contributed by atoms with Gasteiger partial charge in [-0.1, -0.05) is 0 Å². The van der Waals surface area contributed by atoms with Crippen LogP contribution in [0.4, 0.5) is 11.4 Å². The van der Waals surface area contributed by atoms with Crippen LogP contribution in [0.15, 0.2) is 18.2 Å². The molecule has 1 atom stereocenters. The van der Waals surface area contributed by atoms with Gasteiger partial charge in [-0.25, -0.2) is 0 Å². The van der Waals surface area contributed by atoms with E-state index in [-0.39, 0.29) is 11.7 Å². The molecule has 1 aliphatic rings. The Morgan fingerprint density at radius 1 is 1.35 bits per heavy atom. The first-order valence-electron chi connectivity index (χ1n) is 7.32. The fraction of sp³-hybridized carbons (Fsp3) is 0.625.